The first kappa shape index (κ1) is 16.4. The van der Waals surface area contributed by atoms with Crippen molar-refractivity contribution in [3.05, 3.63) is 77.1 Å². The highest BCUT2D eigenvalue weighted by Crippen LogP contribution is 2.18. The molecule has 0 aliphatic heterocycles. The molecule has 2 aromatic carbocycles. The molecule has 0 saturated carbocycles. The minimum absolute atomic E-state index is 0.0853. The molecule has 6 nitrogen and oxygen atoms in total. The van der Waals surface area contributed by atoms with Crippen molar-refractivity contribution >= 4 is 11.6 Å². The van der Waals surface area contributed by atoms with Gasteiger partial charge in [-0.15, -0.1) is 0 Å². The summed E-state index contributed by atoms with van der Waals surface area (Å²) < 4.78 is 14.9. The van der Waals surface area contributed by atoms with Gasteiger partial charge in [0, 0.05) is 17.3 Å². The van der Waals surface area contributed by atoms with Gasteiger partial charge in [-0.3, -0.25) is 14.2 Å². The topological polar surface area (TPSA) is 84.2 Å². The number of aromatic nitrogens is 2. The molecular weight excluding hydrogens is 325 g/mol. The number of rotatable bonds is 4. The lowest BCUT2D eigenvalue weighted by Gasteiger charge is -2.08. The van der Waals surface area contributed by atoms with Crippen LogP contribution in [0.5, 0.6) is 5.75 Å². The molecule has 1 heterocycles. The maximum Gasteiger partial charge on any atom is 0.254 e. The number of amides is 1. The summed E-state index contributed by atoms with van der Waals surface area (Å²) in [5.74, 6) is -0.812. The van der Waals surface area contributed by atoms with Gasteiger partial charge in [0.25, 0.3) is 5.56 Å². The molecule has 0 aliphatic rings. The van der Waals surface area contributed by atoms with Crippen molar-refractivity contribution in [3.63, 3.8) is 0 Å². The van der Waals surface area contributed by atoms with E-state index in [1.165, 1.54) is 48.8 Å². The molecule has 1 aromatic heterocycles. The first-order chi connectivity index (χ1) is 12.0. The maximum absolute atomic E-state index is 13.8. The van der Waals surface area contributed by atoms with Gasteiger partial charge in [-0.05, 0) is 36.4 Å². The number of nitrogens with zero attached hydrogens (tertiary/aromatic N) is 2. The zero-order valence-electron chi connectivity index (χ0n) is 13.0. The van der Waals surface area contributed by atoms with Gasteiger partial charge < -0.3 is 10.4 Å². The Morgan fingerprint density at radius 1 is 1.16 bits per heavy atom. The first-order valence-electron chi connectivity index (χ1n) is 7.43. The molecule has 0 bridgehead atoms. The number of benzene rings is 2. The quantitative estimate of drug-likeness (QED) is 0.715. The van der Waals surface area contributed by atoms with E-state index in [2.05, 4.69) is 10.3 Å². The van der Waals surface area contributed by atoms with Crippen LogP contribution >= 0.6 is 0 Å². The van der Waals surface area contributed by atoms with E-state index in [9.17, 15) is 19.1 Å². The number of hydrogen-bond acceptors (Lipinski definition) is 4. The van der Waals surface area contributed by atoms with E-state index in [1.54, 1.807) is 12.1 Å². The number of aromatic hydroxyl groups is 1. The smallest absolute Gasteiger partial charge is 0.254 e. The second kappa shape index (κ2) is 6.96. The predicted molar refractivity (Wildman–Crippen MR) is 90.6 cm³/mol. The van der Waals surface area contributed by atoms with E-state index in [0.717, 1.165) is 4.57 Å². The highest BCUT2D eigenvalue weighted by molar-refractivity contribution is 5.90. The summed E-state index contributed by atoms with van der Waals surface area (Å²) in [4.78, 5) is 28.2. The number of phenols is 1. The second-order valence-electron chi connectivity index (χ2n) is 5.32. The maximum atomic E-state index is 13.8. The molecule has 2 N–H and O–H groups in total. The Bertz CT molecular complexity index is 968. The van der Waals surface area contributed by atoms with Gasteiger partial charge >= 0.3 is 0 Å². The van der Waals surface area contributed by atoms with Crippen molar-refractivity contribution in [1.29, 1.82) is 0 Å². The van der Waals surface area contributed by atoms with E-state index in [1.807, 2.05) is 0 Å². The van der Waals surface area contributed by atoms with Crippen molar-refractivity contribution in [2.45, 2.75) is 6.54 Å². The van der Waals surface area contributed by atoms with E-state index in [4.69, 9.17) is 0 Å². The fraction of sp³-hybridized carbons (Fsp3) is 0.0556. The van der Waals surface area contributed by atoms with Crippen LogP contribution in [-0.4, -0.2) is 20.6 Å². The summed E-state index contributed by atoms with van der Waals surface area (Å²) in [6.45, 7) is -0.232. The number of hydrogen-bond donors (Lipinski definition) is 2. The summed E-state index contributed by atoms with van der Waals surface area (Å²) in [6.07, 6.45) is 1.21. The van der Waals surface area contributed by atoms with Crippen LogP contribution in [0.3, 0.4) is 0 Å². The molecule has 0 fully saturated rings. The minimum Gasteiger partial charge on any atom is -0.508 e. The Morgan fingerprint density at radius 3 is 2.56 bits per heavy atom. The molecule has 25 heavy (non-hydrogen) atoms. The van der Waals surface area contributed by atoms with Gasteiger partial charge in [-0.2, -0.15) is 0 Å². The van der Waals surface area contributed by atoms with Crippen molar-refractivity contribution in [2.24, 2.45) is 0 Å². The summed E-state index contributed by atoms with van der Waals surface area (Å²) in [5, 5.41) is 11.8. The molecule has 126 valence electrons. The molecule has 1 amide bonds. The Labute approximate surface area is 142 Å². The molecule has 0 unspecified atom stereocenters. The largest absolute Gasteiger partial charge is 0.508 e. The van der Waals surface area contributed by atoms with Gasteiger partial charge in [0.05, 0.1) is 12.0 Å². The highest BCUT2D eigenvalue weighted by atomic mass is 19.1. The number of carbonyl (C=O) groups excluding carboxylic acids is 1. The van der Waals surface area contributed by atoms with Crippen LogP contribution in [-0.2, 0) is 11.3 Å². The van der Waals surface area contributed by atoms with Gasteiger partial charge in [0.1, 0.15) is 18.1 Å². The summed E-state index contributed by atoms with van der Waals surface area (Å²) in [6, 6.07) is 13.1. The molecular formula is C18H14FN3O3. The summed E-state index contributed by atoms with van der Waals surface area (Å²) in [5.41, 5.74) is 0.458. The summed E-state index contributed by atoms with van der Waals surface area (Å²) in [7, 11) is 0. The molecule has 0 spiro atoms. The molecule has 0 saturated heterocycles. The molecule has 0 radical (unpaired) electrons. The van der Waals surface area contributed by atoms with Gasteiger partial charge in [-0.25, -0.2) is 9.37 Å². The third kappa shape index (κ3) is 3.89. The van der Waals surface area contributed by atoms with Gasteiger partial charge in [0.2, 0.25) is 5.91 Å². The van der Waals surface area contributed by atoms with Crippen LogP contribution in [0.15, 0.2) is 65.7 Å². The standard InChI is InChI=1S/C18H14FN3O3/c19-15-4-2-1-3-14(15)16-9-18(25)22(11-20-16)10-17(24)21-12-5-7-13(23)8-6-12/h1-9,11,23H,10H2,(H,21,24). The lowest BCUT2D eigenvalue weighted by molar-refractivity contribution is -0.116. The lowest BCUT2D eigenvalue weighted by atomic mass is 10.1. The Morgan fingerprint density at radius 2 is 1.88 bits per heavy atom. The third-order valence-corrected chi connectivity index (χ3v) is 3.49. The van der Waals surface area contributed by atoms with E-state index >= 15 is 0 Å². The Kier molecular flexibility index (Phi) is 4.56. The number of nitrogens with one attached hydrogen (secondary N) is 1. The first-order valence-corrected chi connectivity index (χ1v) is 7.43. The van der Waals surface area contributed by atoms with Crippen molar-refractivity contribution in [1.82, 2.24) is 9.55 Å². The van der Waals surface area contributed by atoms with Crippen molar-refractivity contribution in [2.75, 3.05) is 5.32 Å². The van der Waals surface area contributed by atoms with Gasteiger partial charge in [-0.1, -0.05) is 12.1 Å². The fourth-order valence-corrected chi connectivity index (χ4v) is 2.26. The monoisotopic (exact) mass is 339 g/mol. The molecule has 3 aromatic rings. The van der Waals surface area contributed by atoms with Crippen LogP contribution in [0.4, 0.5) is 10.1 Å². The molecule has 0 atom stereocenters. The number of halogens is 1. The summed E-state index contributed by atoms with van der Waals surface area (Å²) >= 11 is 0. The van der Waals surface area contributed by atoms with E-state index in [0.29, 0.717) is 5.69 Å². The van der Waals surface area contributed by atoms with Gasteiger partial charge in [0.15, 0.2) is 0 Å². The number of carbonyl (C=O) groups is 1. The zero-order chi connectivity index (χ0) is 17.8. The normalized spacial score (nSPS) is 10.4. The highest BCUT2D eigenvalue weighted by Gasteiger charge is 2.10. The van der Waals surface area contributed by atoms with Crippen LogP contribution in [0.2, 0.25) is 0 Å². The fourth-order valence-electron chi connectivity index (χ4n) is 2.26. The second-order valence-corrected chi connectivity index (χ2v) is 5.32. The minimum atomic E-state index is -0.475. The van der Waals surface area contributed by atoms with Crippen molar-refractivity contribution in [3.8, 4) is 17.0 Å². The molecule has 7 heteroatoms. The van der Waals surface area contributed by atoms with Crippen molar-refractivity contribution < 1.29 is 14.3 Å². The Balaban J connectivity index is 1.75. The SMILES string of the molecule is O=C(Cn1cnc(-c2ccccc2F)cc1=O)Nc1ccc(O)cc1. The average molecular weight is 339 g/mol. The lowest BCUT2D eigenvalue weighted by Crippen LogP contribution is -2.27. The molecule has 0 aliphatic carbocycles. The van der Waals surface area contributed by atoms with Crippen LogP contribution in [0.1, 0.15) is 0 Å². The third-order valence-electron chi connectivity index (χ3n) is 3.49. The van der Waals surface area contributed by atoms with E-state index in [-0.39, 0.29) is 23.6 Å². The number of phenolic OH excluding ortho intramolecular Hbond substituents is 1. The zero-order valence-corrected chi connectivity index (χ0v) is 13.0. The van der Waals surface area contributed by atoms with Crippen LogP contribution in [0, 0.1) is 5.82 Å². The average Bonchev–Trinajstić information content (AvgIpc) is 2.59. The predicted octanol–water partition coefficient (Wildman–Crippen LogP) is 2.39. The molecule has 3 rings (SSSR count). The van der Waals surface area contributed by atoms with Crippen LogP contribution < -0.4 is 10.9 Å². The Hall–Kier alpha value is -3.48. The number of anilines is 1. The van der Waals surface area contributed by atoms with Crippen LogP contribution in [0.25, 0.3) is 11.3 Å². The van der Waals surface area contributed by atoms with E-state index < -0.39 is 17.3 Å².